The number of alkyl halides is 1. The Bertz CT molecular complexity index is 409. The van der Waals surface area contributed by atoms with Crippen molar-refractivity contribution >= 4 is 27.8 Å². The summed E-state index contributed by atoms with van der Waals surface area (Å²) in [5.74, 6) is -0.385. The Morgan fingerprint density at radius 2 is 1.55 bits per heavy atom. The molecule has 0 aliphatic heterocycles. The highest BCUT2D eigenvalue weighted by Gasteiger charge is 2.48. The van der Waals surface area contributed by atoms with Crippen LogP contribution in [0.1, 0.15) is 54.9 Å². The molecule has 0 saturated carbocycles. The first-order valence-corrected chi connectivity index (χ1v) is 8.55. The number of rotatable bonds is 7. The van der Waals surface area contributed by atoms with E-state index in [1.807, 2.05) is 41.5 Å². The number of hydrogen-bond donors (Lipinski definition) is 0. The van der Waals surface area contributed by atoms with Crippen LogP contribution >= 0.6 is 15.9 Å². The Labute approximate surface area is 144 Å². The van der Waals surface area contributed by atoms with Crippen LogP contribution < -0.4 is 0 Å². The molecule has 0 rings (SSSR count). The number of esters is 1. The Morgan fingerprint density at radius 1 is 1.09 bits per heavy atom. The lowest BCUT2D eigenvalue weighted by molar-refractivity contribution is -0.162. The molecule has 0 saturated heterocycles. The summed E-state index contributed by atoms with van der Waals surface area (Å²) in [5.41, 5.74) is -1.06. The number of nitrogens with zero attached hydrogens (tertiary/aromatic N) is 1. The zero-order valence-corrected chi connectivity index (χ0v) is 17.1. The summed E-state index contributed by atoms with van der Waals surface area (Å²) in [6.45, 7) is 14.0. The third-order valence-electron chi connectivity index (χ3n) is 4.76. The van der Waals surface area contributed by atoms with Gasteiger partial charge in [0.1, 0.15) is 0 Å². The molecule has 5 heteroatoms. The molecule has 1 amide bonds. The normalized spacial score (nSPS) is 14.5. The zero-order chi connectivity index (χ0) is 17.9. The molecule has 130 valence electrons. The van der Waals surface area contributed by atoms with Gasteiger partial charge in [0, 0.05) is 18.4 Å². The number of carbonyl (C=O) groups excluding carboxylic acids is 2. The standard InChI is InChI=1S/C17H32BrNO3/c1-10-22-14(21)16(4,5)15(2,3)11-12(17(6,7)18)13(20)19(8)9/h12H,10-11H2,1-9H3. The van der Waals surface area contributed by atoms with Gasteiger partial charge in [-0.25, -0.2) is 0 Å². The van der Waals surface area contributed by atoms with Crippen molar-refractivity contribution in [1.82, 2.24) is 4.90 Å². The van der Waals surface area contributed by atoms with Crippen molar-refractivity contribution in [2.45, 2.75) is 59.2 Å². The lowest BCUT2D eigenvalue weighted by Crippen LogP contribution is -2.47. The zero-order valence-electron chi connectivity index (χ0n) is 15.5. The lowest BCUT2D eigenvalue weighted by atomic mass is 9.62. The van der Waals surface area contributed by atoms with E-state index in [1.54, 1.807) is 25.9 Å². The Hall–Kier alpha value is -0.580. The molecule has 0 aromatic rings. The molecule has 0 fully saturated rings. The van der Waals surface area contributed by atoms with Crippen LogP contribution in [0.25, 0.3) is 0 Å². The molecule has 0 aliphatic carbocycles. The topological polar surface area (TPSA) is 46.6 Å². The second kappa shape index (κ2) is 7.33. The summed E-state index contributed by atoms with van der Waals surface area (Å²) in [4.78, 5) is 26.5. The fourth-order valence-electron chi connectivity index (χ4n) is 2.29. The van der Waals surface area contributed by atoms with Crippen LogP contribution in [0.15, 0.2) is 0 Å². The molecule has 4 nitrogen and oxygen atoms in total. The SMILES string of the molecule is CCOC(=O)C(C)(C)C(C)(C)CC(C(=O)N(C)C)C(C)(C)Br. The van der Waals surface area contributed by atoms with Crippen molar-refractivity contribution in [3.8, 4) is 0 Å². The van der Waals surface area contributed by atoms with Gasteiger partial charge in [-0.15, -0.1) is 0 Å². The van der Waals surface area contributed by atoms with E-state index in [9.17, 15) is 9.59 Å². The molecule has 0 radical (unpaired) electrons. The van der Waals surface area contributed by atoms with Gasteiger partial charge in [-0.1, -0.05) is 29.8 Å². The summed E-state index contributed by atoms with van der Waals surface area (Å²) >= 11 is 3.64. The van der Waals surface area contributed by atoms with E-state index in [0.29, 0.717) is 13.0 Å². The molecule has 0 N–H and O–H groups in total. The molecule has 1 unspecified atom stereocenters. The van der Waals surface area contributed by atoms with Gasteiger partial charge in [-0.2, -0.15) is 0 Å². The second-order valence-electron chi connectivity index (χ2n) is 7.78. The van der Waals surface area contributed by atoms with Crippen molar-refractivity contribution in [3.63, 3.8) is 0 Å². The molecule has 0 spiro atoms. The maximum atomic E-state index is 12.6. The average Bonchev–Trinajstić information content (AvgIpc) is 2.33. The Morgan fingerprint density at radius 3 is 1.86 bits per heavy atom. The number of halogens is 1. The van der Waals surface area contributed by atoms with Crippen LogP contribution in [0.4, 0.5) is 0 Å². The van der Waals surface area contributed by atoms with Crippen LogP contribution in [-0.4, -0.2) is 41.8 Å². The highest BCUT2D eigenvalue weighted by atomic mass is 79.9. The second-order valence-corrected chi connectivity index (χ2v) is 9.83. The minimum absolute atomic E-state index is 0.0645. The van der Waals surface area contributed by atoms with Gasteiger partial charge in [0.05, 0.1) is 17.9 Å². The van der Waals surface area contributed by atoms with Crippen molar-refractivity contribution in [1.29, 1.82) is 0 Å². The van der Waals surface area contributed by atoms with Crippen molar-refractivity contribution in [3.05, 3.63) is 0 Å². The fraction of sp³-hybridized carbons (Fsp3) is 0.882. The Kier molecular flexibility index (Phi) is 7.13. The molecular weight excluding hydrogens is 346 g/mol. The highest BCUT2D eigenvalue weighted by Crippen LogP contribution is 2.47. The number of ether oxygens (including phenoxy) is 1. The molecule has 0 aliphatic rings. The van der Waals surface area contributed by atoms with E-state index < -0.39 is 5.41 Å². The highest BCUT2D eigenvalue weighted by molar-refractivity contribution is 9.10. The minimum atomic E-state index is -0.675. The van der Waals surface area contributed by atoms with Gasteiger partial charge in [0.2, 0.25) is 5.91 Å². The van der Waals surface area contributed by atoms with Gasteiger partial charge in [-0.3, -0.25) is 9.59 Å². The van der Waals surface area contributed by atoms with Gasteiger partial charge < -0.3 is 9.64 Å². The average molecular weight is 378 g/mol. The molecule has 0 aromatic heterocycles. The van der Waals surface area contributed by atoms with E-state index in [0.717, 1.165) is 0 Å². The minimum Gasteiger partial charge on any atom is -0.466 e. The van der Waals surface area contributed by atoms with E-state index in [-0.39, 0.29) is 27.5 Å². The van der Waals surface area contributed by atoms with Crippen molar-refractivity contribution < 1.29 is 14.3 Å². The van der Waals surface area contributed by atoms with Crippen molar-refractivity contribution in [2.24, 2.45) is 16.7 Å². The third-order valence-corrected chi connectivity index (χ3v) is 5.31. The summed E-state index contributed by atoms with van der Waals surface area (Å²) < 4.78 is 4.87. The molecule has 1 atom stereocenters. The predicted molar refractivity (Wildman–Crippen MR) is 94.0 cm³/mol. The molecule has 0 bridgehead atoms. The first-order chi connectivity index (χ1) is 9.68. The summed E-state index contributed by atoms with van der Waals surface area (Å²) in [7, 11) is 3.52. The van der Waals surface area contributed by atoms with E-state index >= 15 is 0 Å². The maximum absolute atomic E-state index is 12.6. The molecule has 22 heavy (non-hydrogen) atoms. The summed E-state index contributed by atoms with van der Waals surface area (Å²) in [6.07, 6.45) is 0.591. The largest absolute Gasteiger partial charge is 0.466 e. The van der Waals surface area contributed by atoms with Crippen LogP contribution in [-0.2, 0) is 14.3 Å². The number of hydrogen-bond acceptors (Lipinski definition) is 3. The molecular formula is C17H32BrNO3. The summed E-state index contributed by atoms with van der Waals surface area (Å²) in [6, 6.07) is 0. The summed E-state index contributed by atoms with van der Waals surface area (Å²) in [5, 5.41) is 0. The quantitative estimate of drug-likeness (QED) is 0.499. The van der Waals surface area contributed by atoms with Gasteiger partial charge >= 0.3 is 5.97 Å². The van der Waals surface area contributed by atoms with Gasteiger partial charge in [-0.05, 0) is 46.5 Å². The smallest absolute Gasteiger partial charge is 0.312 e. The number of amides is 1. The fourth-order valence-corrected chi connectivity index (χ4v) is 2.65. The first kappa shape index (κ1) is 21.4. The lowest BCUT2D eigenvalue weighted by Gasteiger charge is -2.44. The van der Waals surface area contributed by atoms with Crippen LogP contribution in [0.5, 0.6) is 0 Å². The van der Waals surface area contributed by atoms with E-state index in [2.05, 4.69) is 15.9 Å². The van der Waals surface area contributed by atoms with Crippen LogP contribution in [0.3, 0.4) is 0 Å². The van der Waals surface area contributed by atoms with Crippen LogP contribution in [0.2, 0.25) is 0 Å². The monoisotopic (exact) mass is 377 g/mol. The Balaban J connectivity index is 5.51. The van der Waals surface area contributed by atoms with Crippen molar-refractivity contribution in [2.75, 3.05) is 20.7 Å². The van der Waals surface area contributed by atoms with Gasteiger partial charge in [0.25, 0.3) is 0 Å². The maximum Gasteiger partial charge on any atom is 0.312 e. The predicted octanol–water partition coefficient (Wildman–Crippen LogP) is 3.87. The van der Waals surface area contributed by atoms with E-state index in [1.165, 1.54) is 0 Å². The third kappa shape index (κ3) is 4.97. The van der Waals surface area contributed by atoms with Gasteiger partial charge in [0.15, 0.2) is 0 Å². The van der Waals surface area contributed by atoms with Crippen LogP contribution in [0, 0.1) is 16.7 Å². The number of carbonyl (C=O) groups is 2. The molecule has 0 aromatic carbocycles. The first-order valence-electron chi connectivity index (χ1n) is 7.75. The van der Waals surface area contributed by atoms with E-state index in [4.69, 9.17) is 4.74 Å². The molecule has 0 heterocycles.